The first kappa shape index (κ1) is 45.0. The van der Waals surface area contributed by atoms with E-state index in [4.69, 9.17) is 24.4 Å². The van der Waals surface area contributed by atoms with E-state index in [1.165, 1.54) is 231 Å². The van der Waals surface area contributed by atoms with Gasteiger partial charge in [-0.1, -0.05) is 257 Å². The summed E-state index contributed by atoms with van der Waals surface area (Å²) in [6.07, 6.45) is 53.8. The molecule has 0 aliphatic carbocycles. The Bertz CT molecular complexity index is 620. The van der Waals surface area contributed by atoms with E-state index in [0.717, 1.165) is 34.7 Å². The Balaban J connectivity index is 2.01. The van der Waals surface area contributed by atoms with E-state index in [-0.39, 0.29) is 0 Å². The fourth-order valence-corrected chi connectivity index (χ4v) is 8.69. The van der Waals surface area contributed by atoms with E-state index < -0.39 is 0 Å². The van der Waals surface area contributed by atoms with E-state index in [1.54, 1.807) is 0 Å². The van der Waals surface area contributed by atoms with Crippen molar-refractivity contribution in [3.63, 3.8) is 0 Å². The predicted octanol–water partition coefficient (Wildman–Crippen LogP) is 16.3. The minimum Gasteiger partial charge on any atom is -0.345 e. The van der Waals surface area contributed by atoms with Gasteiger partial charge in [-0.3, -0.25) is 0 Å². The van der Waals surface area contributed by atoms with Crippen molar-refractivity contribution in [3.05, 3.63) is 0 Å². The van der Waals surface area contributed by atoms with Crippen molar-refractivity contribution in [2.75, 3.05) is 0 Å². The van der Waals surface area contributed by atoms with Gasteiger partial charge in [-0.15, -0.1) is 0 Å². The molecule has 0 aromatic heterocycles. The topological polar surface area (TPSA) is 12.0 Å². The van der Waals surface area contributed by atoms with Gasteiger partial charge in [0.15, 0.2) is 0 Å². The summed E-state index contributed by atoms with van der Waals surface area (Å²) in [4.78, 5) is 2.03. The van der Waals surface area contributed by atoms with Crippen molar-refractivity contribution in [3.8, 4) is 0 Å². The van der Waals surface area contributed by atoms with Gasteiger partial charge in [0.05, 0.1) is 9.98 Å². The third-order valence-corrected chi connectivity index (χ3v) is 11.7. The van der Waals surface area contributed by atoms with Crippen LogP contribution < -0.4 is 5.32 Å². The second-order valence-electron chi connectivity index (χ2n) is 15.9. The second-order valence-corrected chi connectivity index (χ2v) is 16.9. The van der Waals surface area contributed by atoms with Gasteiger partial charge in [0.2, 0.25) is 0 Å². The zero-order valence-electron chi connectivity index (χ0n) is 32.3. The molecule has 0 saturated carbocycles. The van der Waals surface area contributed by atoms with Gasteiger partial charge in [-0.25, -0.2) is 0 Å². The third kappa shape index (κ3) is 31.7. The molecule has 1 nitrogen and oxygen atoms in total. The van der Waals surface area contributed by atoms with Crippen molar-refractivity contribution >= 4 is 34.4 Å². The minimum atomic E-state index is 0.760. The summed E-state index contributed by atoms with van der Waals surface area (Å²) in [6.45, 7) is 4.61. The molecule has 0 amide bonds. The Hall–Kier alpha value is -0.0200. The van der Waals surface area contributed by atoms with Gasteiger partial charge in [-0.2, -0.15) is 0 Å². The minimum absolute atomic E-state index is 0.760. The van der Waals surface area contributed by atoms with Crippen LogP contribution in [0.1, 0.15) is 258 Å². The average Bonchev–Trinajstić information content (AvgIpc) is 3.12. The molecule has 0 aromatic rings. The largest absolute Gasteiger partial charge is 0.345 e. The number of hydrogen-bond acceptors (Lipinski definition) is 2. The van der Waals surface area contributed by atoms with Gasteiger partial charge in [-0.05, 0) is 24.7 Å². The highest BCUT2D eigenvalue weighted by atomic mass is 32.1. The molecule has 278 valence electrons. The standard InChI is InChI=1S/C44H85NS2/c1-3-5-7-9-11-13-15-17-19-21-23-25-27-29-31-33-35-41-37-38-42(40-44(47)45-43(46)39-41)36-34-32-30-28-26-24-22-20-18-16-14-12-10-8-6-4-2/h41-42H,3-40H2,1-2H3,(H,45,46,47). The lowest BCUT2D eigenvalue weighted by Crippen LogP contribution is -2.29. The molecule has 1 saturated heterocycles. The SMILES string of the molecule is CCCCCCCCCCCCCCCCCCC1CCC(CCCCCCCCCCCCCCCCCC)CC(=S)NC(=S)C1. The lowest BCUT2D eigenvalue weighted by atomic mass is 9.86. The first-order chi connectivity index (χ1) is 23.2. The first-order valence-corrected chi connectivity index (χ1v) is 22.8. The maximum atomic E-state index is 5.73. The van der Waals surface area contributed by atoms with Crippen LogP contribution in [0.4, 0.5) is 0 Å². The summed E-state index contributed by atoms with van der Waals surface area (Å²) in [6, 6.07) is 0. The van der Waals surface area contributed by atoms with Crippen LogP contribution in [-0.2, 0) is 0 Å². The smallest absolute Gasteiger partial charge is 0.0803 e. The van der Waals surface area contributed by atoms with Crippen molar-refractivity contribution in [2.24, 2.45) is 11.8 Å². The van der Waals surface area contributed by atoms with E-state index in [9.17, 15) is 0 Å². The number of nitrogens with one attached hydrogen (secondary N) is 1. The van der Waals surface area contributed by atoms with Gasteiger partial charge in [0.25, 0.3) is 0 Å². The molecule has 3 heteroatoms. The highest BCUT2D eigenvalue weighted by Gasteiger charge is 2.20. The summed E-state index contributed by atoms with van der Waals surface area (Å²) in [5, 5.41) is 3.46. The fourth-order valence-electron chi connectivity index (χ4n) is 7.91. The number of hydrogen-bond donors (Lipinski definition) is 1. The van der Waals surface area contributed by atoms with Crippen molar-refractivity contribution in [1.82, 2.24) is 5.32 Å². The first-order valence-electron chi connectivity index (χ1n) is 22.0. The average molecular weight is 692 g/mol. The zero-order valence-corrected chi connectivity index (χ0v) is 34.0. The lowest BCUT2D eigenvalue weighted by Gasteiger charge is -2.19. The molecular weight excluding hydrogens is 607 g/mol. The molecule has 1 heterocycles. The molecule has 0 radical (unpaired) electrons. The van der Waals surface area contributed by atoms with E-state index in [0.29, 0.717) is 0 Å². The molecule has 1 fully saturated rings. The van der Waals surface area contributed by atoms with Crippen LogP contribution in [-0.4, -0.2) is 9.98 Å². The molecule has 2 atom stereocenters. The molecule has 0 bridgehead atoms. The molecule has 0 aromatic carbocycles. The third-order valence-electron chi connectivity index (χ3n) is 11.1. The van der Waals surface area contributed by atoms with Gasteiger partial charge >= 0.3 is 0 Å². The van der Waals surface area contributed by atoms with E-state index in [1.807, 2.05) is 0 Å². The van der Waals surface area contributed by atoms with Crippen molar-refractivity contribution < 1.29 is 0 Å². The van der Waals surface area contributed by atoms with Crippen LogP contribution in [0.3, 0.4) is 0 Å². The molecule has 1 aliphatic heterocycles. The maximum Gasteiger partial charge on any atom is 0.0803 e. The Labute approximate surface area is 308 Å². The Morgan fingerprint density at radius 1 is 0.362 bits per heavy atom. The molecular formula is C44H85NS2. The van der Waals surface area contributed by atoms with Gasteiger partial charge < -0.3 is 5.32 Å². The molecule has 1 N–H and O–H groups in total. The van der Waals surface area contributed by atoms with Gasteiger partial charge in [0.1, 0.15) is 0 Å². The number of rotatable bonds is 34. The van der Waals surface area contributed by atoms with Crippen molar-refractivity contribution in [2.45, 2.75) is 258 Å². The summed E-state index contributed by atoms with van der Waals surface area (Å²) >= 11 is 11.5. The highest BCUT2D eigenvalue weighted by molar-refractivity contribution is 7.81. The Morgan fingerprint density at radius 2 is 0.574 bits per heavy atom. The van der Waals surface area contributed by atoms with Crippen LogP contribution in [0.5, 0.6) is 0 Å². The van der Waals surface area contributed by atoms with Gasteiger partial charge in [0, 0.05) is 12.8 Å². The Morgan fingerprint density at radius 3 is 0.809 bits per heavy atom. The molecule has 2 unspecified atom stereocenters. The predicted molar refractivity (Wildman–Crippen MR) is 222 cm³/mol. The summed E-state index contributed by atoms with van der Waals surface area (Å²) in [7, 11) is 0. The van der Waals surface area contributed by atoms with Crippen molar-refractivity contribution in [1.29, 1.82) is 0 Å². The van der Waals surface area contributed by atoms with Crippen LogP contribution in [0.15, 0.2) is 0 Å². The van der Waals surface area contributed by atoms with E-state index in [2.05, 4.69) is 19.2 Å². The molecule has 47 heavy (non-hydrogen) atoms. The summed E-state index contributed by atoms with van der Waals surface area (Å²) in [5.74, 6) is 1.52. The highest BCUT2D eigenvalue weighted by Crippen LogP contribution is 2.29. The monoisotopic (exact) mass is 692 g/mol. The molecule has 0 spiro atoms. The number of unbranched alkanes of at least 4 members (excludes halogenated alkanes) is 30. The zero-order chi connectivity index (χ0) is 33.9. The summed E-state index contributed by atoms with van der Waals surface area (Å²) in [5.41, 5.74) is 0. The van der Waals surface area contributed by atoms with E-state index >= 15 is 0 Å². The molecule has 1 rings (SSSR count). The Kier molecular flexibility index (Phi) is 34.3. The van der Waals surface area contributed by atoms with Crippen LogP contribution in [0.2, 0.25) is 0 Å². The molecule has 1 aliphatic rings. The quantitative estimate of drug-likeness (QED) is 0.0533. The maximum absolute atomic E-state index is 5.73. The summed E-state index contributed by atoms with van der Waals surface area (Å²) < 4.78 is 0. The fraction of sp³-hybridized carbons (Fsp3) is 0.955. The van der Waals surface area contributed by atoms with Crippen LogP contribution in [0, 0.1) is 11.8 Å². The second kappa shape index (κ2) is 35.8. The number of thiocarbonyl (C=S) groups is 2. The normalized spacial score (nSPS) is 17.4. The van der Waals surface area contributed by atoms with Crippen LogP contribution in [0.25, 0.3) is 0 Å². The van der Waals surface area contributed by atoms with Crippen LogP contribution >= 0.6 is 24.4 Å². The lowest BCUT2D eigenvalue weighted by molar-refractivity contribution is 0.358.